The van der Waals surface area contributed by atoms with Gasteiger partial charge in [-0.2, -0.15) is 0 Å². The van der Waals surface area contributed by atoms with Gasteiger partial charge in [0.1, 0.15) is 0 Å². The second-order valence-electron chi connectivity index (χ2n) is 2.90. The fraction of sp³-hybridized carbons (Fsp3) is 0.200. The molecule has 2 rings (SSSR count). The van der Waals surface area contributed by atoms with Crippen LogP contribution in [0.15, 0.2) is 38.9 Å². The van der Waals surface area contributed by atoms with Gasteiger partial charge in [0, 0.05) is 23.5 Å². The second-order valence-corrected chi connectivity index (χ2v) is 4.65. The van der Waals surface area contributed by atoms with E-state index in [4.69, 9.17) is 4.42 Å². The molecular formula is C10H10BrNOS. The molecule has 0 unspecified atom stereocenters. The number of rotatable bonds is 4. The van der Waals surface area contributed by atoms with Gasteiger partial charge < -0.3 is 9.73 Å². The van der Waals surface area contributed by atoms with Gasteiger partial charge in [-0.25, -0.2) is 0 Å². The van der Waals surface area contributed by atoms with Crippen molar-refractivity contribution < 1.29 is 4.42 Å². The first-order chi connectivity index (χ1) is 6.86. The molecule has 74 valence electrons. The lowest BCUT2D eigenvalue weighted by molar-refractivity contribution is 0.533. The molecule has 0 saturated heterocycles. The van der Waals surface area contributed by atoms with Gasteiger partial charge in [-0.1, -0.05) is 6.07 Å². The molecule has 0 atom stereocenters. The minimum absolute atomic E-state index is 0.816. The molecule has 2 aromatic heterocycles. The predicted octanol–water partition coefficient (Wildman–Crippen LogP) is 3.39. The average Bonchev–Trinajstić information content (AvgIpc) is 2.78. The Morgan fingerprint density at radius 2 is 2.29 bits per heavy atom. The fourth-order valence-electron chi connectivity index (χ4n) is 1.18. The van der Waals surface area contributed by atoms with Crippen LogP contribution in [0, 0.1) is 0 Å². The highest BCUT2D eigenvalue weighted by Gasteiger charge is 2.01. The molecule has 0 bridgehead atoms. The van der Waals surface area contributed by atoms with Crippen molar-refractivity contribution in [3.8, 4) is 0 Å². The molecule has 1 N–H and O–H groups in total. The third kappa shape index (κ3) is 2.47. The fourth-order valence-corrected chi connectivity index (χ4v) is 2.23. The lowest BCUT2D eigenvalue weighted by atomic mass is 10.3. The van der Waals surface area contributed by atoms with E-state index < -0.39 is 0 Å². The van der Waals surface area contributed by atoms with Gasteiger partial charge in [0.15, 0.2) is 4.67 Å². The first-order valence-electron chi connectivity index (χ1n) is 4.31. The van der Waals surface area contributed by atoms with Crippen molar-refractivity contribution >= 4 is 27.3 Å². The Morgan fingerprint density at radius 3 is 2.93 bits per heavy atom. The molecule has 4 heteroatoms. The van der Waals surface area contributed by atoms with Crippen LogP contribution in [0.1, 0.15) is 10.4 Å². The summed E-state index contributed by atoms with van der Waals surface area (Å²) in [5.74, 6) is 0. The summed E-state index contributed by atoms with van der Waals surface area (Å²) in [6, 6.07) is 6.16. The zero-order valence-corrected chi connectivity index (χ0v) is 9.90. The van der Waals surface area contributed by atoms with Crippen LogP contribution in [0.2, 0.25) is 0 Å². The Morgan fingerprint density at radius 1 is 1.36 bits per heavy atom. The van der Waals surface area contributed by atoms with Gasteiger partial charge in [0.2, 0.25) is 0 Å². The summed E-state index contributed by atoms with van der Waals surface area (Å²) in [6.07, 6.45) is 1.69. The van der Waals surface area contributed by atoms with E-state index in [1.54, 1.807) is 17.6 Å². The van der Waals surface area contributed by atoms with E-state index in [2.05, 4.69) is 38.8 Å². The van der Waals surface area contributed by atoms with Crippen molar-refractivity contribution in [3.05, 3.63) is 45.0 Å². The third-order valence-electron chi connectivity index (χ3n) is 1.89. The van der Waals surface area contributed by atoms with E-state index in [0.717, 1.165) is 23.3 Å². The molecule has 2 heterocycles. The van der Waals surface area contributed by atoms with Crippen LogP contribution in [0.3, 0.4) is 0 Å². The van der Waals surface area contributed by atoms with Gasteiger partial charge in [-0.05, 0) is 33.4 Å². The molecule has 0 aliphatic heterocycles. The van der Waals surface area contributed by atoms with Crippen molar-refractivity contribution in [3.63, 3.8) is 0 Å². The summed E-state index contributed by atoms with van der Waals surface area (Å²) in [5, 5.41) is 5.44. The maximum Gasteiger partial charge on any atom is 0.173 e. The summed E-state index contributed by atoms with van der Waals surface area (Å²) in [6.45, 7) is 1.74. The lowest BCUT2D eigenvalue weighted by Gasteiger charge is -2.00. The Bertz CT molecular complexity index is 382. The smallest absolute Gasteiger partial charge is 0.173 e. The topological polar surface area (TPSA) is 25.2 Å². The van der Waals surface area contributed by atoms with Gasteiger partial charge >= 0.3 is 0 Å². The monoisotopic (exact) mass is 271 g/mol. The molecule has 2 nitrogen and oxygen atoms in total. The van der Waals surface area contributed by atoms with Gasteiger partial charge in [0.05, 0.1) is 6.26 Å². The van der Waals surface area contributed by atoms with Crippen molar-refractivity contribution in [2.75, 3.05) is 0 Å². The normalized spacial score (nSPS) is 10.6. The molecule has 14 heavy (non-hydrogen) atoms. The van der Waals surface area contributed by atoms with E-state index in [1.807, 2.05) is 6.07 Å². The lowest BCUT2D eigenvalue weighted by Crippen LogP contribution is -2.11. The molecule has 0 aliphatic rings. The molecule has 2 aromatic rings. The summed E-state index contributed by atoms with van der Waals surface area (Å²) in [4.78, 5) is 1.35. The average molecular weight is 272 g/mol. The molecule has 0 aromatic carbocycles. The molecule has 0 aliphatic carbocycles. The summed E-state index contributed by atoms with van der Waals surface area (Å²) in [5.41, 5.74) is 1.15. The van der Waals surface area contributed by atoms with Crippen molar-refractivity contribution in [2.45, 2.75) is 13.1 Å². The largest absolute Gasteiger partial charge is 0.457 e. The molecule has 0 fully saturated rings. The number of hydrogen-bond donors (Lipinski definition) is 1. The quantitative estimate of drug-likeness (QED) is 0.922. The van der Waals surface area contributed by atoms with Crippen LogP contribution in [-0.2, 0) is 13.1 Å². The molecule has 0 saturated carbocycles. The van der Waals surface area contributed by atoms with Crippen molar-refractivity contribution in [1.82, 2.24) is 5.32 Å². The minimum atomic E-state index is 0.816. The highest BCUT2D eigenvalue weighted by Crippen LogP contribution is 2.17. The number of furan rings is 1. The zero-order valence-electron chi connectivity index (χ0n) is 7.50. The predicted molar refractivity (Wildman–Crippen MR) is 61.3 cm³/mol. The standard InChI is InChI=1S/C10H10BrNOS/c11-10-8(3-4-13-10)6-12-7-9-2-1-5-14-9/h1-5,12H,6-7H2. The van der Waals surface area contributed by atoms with Crippen LogP contribution in [0.25, 0.3) is 0 Å². The van der Waals surface area contributed by atoms with Crippen molar-refractivity contribution in [1.29, 1.82) is 0 Å². The van der Waals surface area contributed by atoms with E-state index in [-0.39, 0.29) is 0 Å². The highest BCUT2D eigenvalue weighted by atomic mass is 79.9. The number of halogens is 1. The maximum atomic E-state index is 5.13. The van der Waals surface area contributed by atoms with E-state index in [9.17, 15) is 0 Å². The highest BCUT2D eigenvalue weighted by molar-refractivity contribution is 9.10. The summed E-state index contributed by atoms with van der Waals surface area (Å²) < 4.78 is 5.95. The molecule has 0 spiro atoms. The Labute approximate surface area is 95.1 Å². The van der Waals surface area contributed by atoms with Crippen LogP contribution in [-0.4, -0.2) is 0 Å². The van der Waals surface area contributed by atoms with Crippen LogP contribution >= 0.6 is 27.3 Å². The summed E-state index contributed by atoms with van der Waals surface area (Å²) in [7, 11) is 0. The summed E-state index contributed by atoms with van der Waals surface area (Å²) >= 11 is 5.11. The molecular weight excluding hydrogens is 262 g/mol. The minimum Gasteiger partial charge on any atom is -0.457 e. The third-order valence-corrected chi connectivity index (χ3v) is 3.46. The second kappa shape index (κ2) is 4.77. The van der Waals surface area contributed by atoms with E-state index in [0.29, 0.717) is 0 Å². The SMILES string of the molecule is Brc1occc1CNCc1cccs1. The van der Waals surface area contributed by atoms with Crippen LogP contribution in [0.5, 0.6) is 0 Å². The Kier molecular flexibility index (Phi) is 3.39. The number of hydrogen-bond acceptors (Lipinski definition) is 3. The van der Waals surface area contributed by atoms with Crippen molar-refractivity contribution in [2.24, 2.45) is 0 Å². The van der Waals surface area contributed by atoms with E-state index >= 15 is 0 Å². The van der Waals surface area contributed by atoms with Gasteiger partial charge in [-0.3, -0.25) is 0 Å². The maximum absolute atomic E-state index is 5.13. The van der Waals surface area contributed by atoms with Crippen LogP contribution in [0.4, 0.5) is 0 Å². The molecule has 0 amide bonds. The Hall–Kier alpha value is -0.580. The zero-order chi connectivity index (χ0) is 9.80. The first kappa shape index (κ1) is 9.96. The van der Waals surface area contributed by atoms with Gasteiger partial charge in [-0.15, -0.1) is 11.3 Å². The number of nitrogens with one attached hydrogen (secondary N) is 1. The van der Waals surface area contributed by atoms with Gasteiger partial charge in [0.25, 0.3) is 0 Å². The first-order valence-corrected chi connectivity index (χ1v) is 5.98. The van der Waals surface area contributed by atoms with Crippen LogP contribution < -0.4 is 5.32 Å². The Balaban J connectivity index is 1.81. The molecule has 0 radical (unpaired) electrons. The number of thiophene rings is 1. The van der Waals surface area contributed by atoms with E-state index in [1.165, 1.54) is 4.88 Å².